The molecule has 28 heavy (non-hydrogen) atoms. The number of carbonyl (C=O) groups is 2. The van der Waals surface area contributed by atoms with Crippen LogP contribution >= 0.6 is 0 Å². The van der Waals surface area contributed by atoms with Crippen LogP contribution in [0.1, 0.15) is 130 Å². The van der Waals surface area contributed by atoms with Gasteiger partial charge in [0.15, 0.2) is 0 Å². The zero-order chi connectivity index (χ0) is 20.9. The molecular formula is C24H46O4. The second-order valence-corrected chi connectivity index (χ2v) is 8.05. The molecule has 1 unspecified atom stereocenters. The number of carbonyl (C=O) groups excluding carboxylic acids is 2. The van der Waals surface area contributed by atoms with Crippen molar-refractivity contribution < 1.29 is 19.1 Å². The first-order valence-electron chi connectivity index (χ1n) is 11.9. The highest BCUT2D eigenvalue weighted by Crippen LogP contribution is 2.11. The van der Waals surface area contributed by atoms with Gasteiger partial charge in [-0.1, -0.05) is 84.5 Å². The van der Waals surface area contributed by atoms with E-state index in [1.165, 1.54) is 51.4 Å². The summed E-state index contributed by atoms with van der Waals surface area (Å²) in [5, 5.41) is 0. The number of hydrogen-bond acceptors (Lipinski definition) is 4. The average molecular weight is 399 g/mol. The summed E-state index contributed by atoms with van der Waals surface area (Å²) >= 11 is 0. The predicted molar refractivity (Wildman–Crippen MR) is 116 cm³/mol. The van der Waals surface area contributed by atoms with Crippen molar-refractivity contribution in [3.05, 3.63) is 0 Å². The third kappa shape index (κ3) is 19.7. The molecule has 0 amide bonds. The molecule has 0 saturated heterocycles. The van der Waals surface area contributed by atoms with Gasteiger partial charge >= 0.3 is 11.9 Å². The fourth-order valence-corrected chi connectivity index (χ4v) is 3.31. The topological polar surface area (TPSA) is 52.6 Å². The van der Waals surface area contributed by atoms with Gasteiger partial charge < -0.3 is 9.47 Å². The Hall–Kier alpha value is -1.06. The van der Waals surface area contributed by atoms with E-state index in [1.807, 2.05) is 6.92 Å². The zero-order valence-electron chi connectivity index (χ0n) is 18.9. The van der Waals surface area contributed by atoms with E-state index >= 15 is 0 Å². The molecule has 0 aliphatic rings. The smallest absolute Gasteiger partial charge is 0.306 e. The van der Waals surface area contributed by atoms with Gasteiger partial charge in [0.2, 0.25) is 0 Å². The van der Waals surface area contributed by atoms with Crippen molar-refractivity contribution in [2.75, 3.05) is 6.61 Å². The maximum Gasteiger partial charge on any atom is 0.306 e. The minimum atomic E-state index is -0.121. The minimum Gasteiger partial charge on any atom is -0.466 e. The fraction of sp³-hybridized carbons (Fsp3) is 0.917. The molecule has 0 aliphatic carbocycles. The number of rotatable bonds is 20. The van der Waals surface area contributed by atoms with Crippen LogP contribution in [0.4, 0.5) is 0 Å². The first-order valence-corrected chi connectivity index (χ1v) is 11.9. The molecule has 1 atom stereocenters. The van der Waals surface area contributed by atoms with Crippen LogP contribution in [0, 0.1) is 0 Å². The van der Waals surface area contributed by atoms with Gasteiger partial charge in [0.25, 0.3) is 0 Å². The third-order valence-electron chi connectivity index (χ3n) is 5.05. The summed E-state index contributed by atoms with van der Waals surface area (Å²) in [4.78, 5) is 23.3. The van der Waals surface area contributed by atoms with Crippen molar-refractivity contribution >= 4 is 11.9 Å². The van der Waals surface area contributed by atoms with E-state index in [4.69, 9.17) is 9.47 Å². The Balaban J connectivity index is 3.32. The lowest BCUT2D eigenvalue weighted by molar-refractivity contribution is -0.148. The molecule has 0 radical (unpaired) electrons. The molecule has 0 N–H and O–H groups in total. The monoisotopic (exact) mass is 398 g/mol. The van der Waals surface area contributed by atoms with Gasteiger partial charge in [0.05, 0.1) is 12.7 Å². The van der Waals surface area contributed by atoms with E-state index in [2.05, 4.69) is 13.8 Å². The fourth-order valence-electron chi connectivity index (χ4n) is 3.31. The SMILES string of the molecule is CCCCCCCCCCCCOC(=O)CCCCCC(=O)OC(C)CCC. The van der Waals surface area contributed by atoms with Gasteiger partial charge in [-0.2, -0.15) is 0 Å². The van der Waals surface area contributed by atoms with E-state index in [-0.39, 0.29) is 18.0 Å². The summed E-state index contributed by atoms with van der Waals surface area (Å²) in [6.45, 7) is 6.82. The lowest BCUT2D eigenvalue weighted by Gasteiger charge is -2.11. The lowest BCUT2D eigenvalue weighted by Crippen LogP contribution is -2.14. The summed E-state index contributed by atoms with van der Waals surface area (Å²) in [5.41, 5.74) is 0. The molecule has 4 heteroatoms. The Morgan fingerprint density at radius 1 is 0.643 bits per heavy atom. The first-order chi connectivity index (χ1) is 13.6. The van der Waals surface area contributed by atoms with Crippen LogP contribution in [0.2, 0.25) is 0 Å². The van der Waals surface area contributed by atoms with E-state index in [1.54, 1.807) is 0 Å². The molecule has 0 heterocycles. The number of ether oxygens (including phenoxy) is 2. The molecule has 0 bridgehead atoms. The van der Waals surface area contributed by atoms with Crippen molar-refractivity contribution in [1.29, 1.82) is 0 Å². The van der Waals surface area contributed by atoms with Crippen LogP contribution in [0.15, 0.2) is 0 Å². The Morgan fingerprint density at radius 2 is 1.14 bits per heavy atom. The van der Waals surface area contributed by atoms with Crippen LogP contribution in [0.25, 0.3) is 0 Å². The molecule has 0 saturated carbocycles. The molecule has 166 valence electrons. The van der Waals surface area contributed by atoms with Crippen LogP contribution in [0.5, 0.6) is 0 Å². The Morgan fingerprint density at radius 3 is 1.71 bits per heavy atom. The first kappa shape index (κ1) is 26.9. The molecule has 0 spiro atoms. The molecule has 0 aliphatic heterocycles. The van der Waals surface area contributed by atoms with Gasteiger partial charge in [-0.05, 0) is 32.6 Å². The van der Waals surface area contributed by atoms with Gasteiger partial charge in [-0.15, -0.1) is 0 Å². The number of unbranched alkanes of at least 4 members (excludes halogenated alkanes) is 11. The van der Waals surface area contributed by atoms with Gasteiger partial charge in [-0.3, -0.25) is 9.59 Å². The predicted octanol–water partition coefficient (Wildman–Crippen LogP) is 7.13. The Bertz CT molecular complexity index is 368. The van der Waals surface area contributed by atoms with Gasteiger partial charge in [-0.25, -0.2) is 0 Å². The summed E-state index contributed by atoms with van der Waals surface area (Å²) in [6.07, 6.45) is 18.1. The second kappa shape index (κ2) is 20.7. The summed E-state index contributed by atoms with van der Waals surface area (Å²) in [6, 6.07) is 0. The quantitative estimate of drug-likeness (QED) is 0.162. The van der Waals surface area contributed by atoms with Crippen molar-refractivity contribution in [3.63, 3.8) is 0 Å². The Kier molecular flexibility index (Phi) is 19.9. The van der Waals surface area contributed by atoms with Crippen molar-refractivity contribution in [3.8, 4) is 0 Å². The lowest BCUT2D eigenvalue weighted by atomic mass is 10.1. The van der Waals surface area contributed by atoms with Crippen molar-refractivity contribution in [2.45, 2.75) is 136 Å². The summed E-state index contributed by atoms with van der Waals surface area (Å²) in [5.74, 6) is -0.223. The summed E-state index contributed by atoms with van der Waals surface area (Å²) < 4.78 is 10.6. The van der Waals surface area contributed by atoms with Crippen LogP contribution in [-0.2, 0) is 19.1 Å². The van der Waals surface area contributed by atoms with E-state index in [0.717, 1.165) is 44.9 Å². The van der Waals surface area contributed by atoms with Gasteiger partial charge in [0.1, 0.15) is 0 Å². The third-order valence-corrected chi connectivity index (χ3v) is 5.05. The highest BCUT2D eigenvalue weighted by atomic mass is 16.5. The molecule has 4 nitrogen and oxygen atoms in total. The number of esters is 2. The second-order valence-electron chi connectivity index (χ2n) is 8.05. The molecule has 0 fully saturated rings. The highest BCUT2D eigenvalue weighted by molar-refractivity contribution is 5.70. The molecule has 0 aromatic heterocycles. The van der Waals surface area contributed by atoms with Crippen molar-refractivity contribution in [2.24, 2.45) is 0 Å². The largest absolute Gasteiger partial charge is 0.466 e. The van der Waals surface area contributed by atoms with E-state index in [0.29, 0.717) is 19.4 Å². The van der Waals surface area contributed by atoms with Crippen LogP contribution in [-0.4, -0.2) is 24.6 Å². The maximum atomic E-state index is 11.7. The Labute approximate surface area is 174 Å². The van der Waals surface area contributed by atoms with E-state index < -0.39 is 0 Å². The average Bonchev–Trinajstić information content (AvgIpc) is 2.66. The molecule has 0 aromatic rings. The summed E-state index contributed by atoms with van der Waals surface area (Å²) in [7, 11) is 0. The molecule has 0 rings (SSSR count). The molecular weight excluding hydrogens is 352 g/mol. The minimum absolute atomic E-state index is 0.0123. The van der Waals surface area contributed by atoms with E-state index in [9.17, 15) is 9.59 Å². The van der Waals surface area contributed by atoms with Crippen LogP contribution in [0.3, 0.4) is 0 Å². The zero-order valence-corrected chi connectivity index (χ0v) is 18.9. The molecule has 0 aromatic carbocycles. The standard InChI is InChI=1S/C24H46O4/c1-4-6-7-8-9-10-11-12-13-17-21-27-23(25)19-15-14-16-20-24(26)28-22(3)18-5-2/h22H,4-21H2,1-3H3. The van der Waals surface area contributed by atoms with Gasteiger partial charge in [0, 0.05) is 12.8 Å². The highest BCUT2D eigenvalue weighted by Gasteiger charge is 2.09. The van der Waals surface area contributed by atoms with Crippen LogP contribution < -0.4 is 0 Å². The van der Waals surface area contributed by atoms with Crippen molar-refractivity contribution in [1.82, 2.24) is 0 Å². The number of hydrogen-bond donors (Lipinski definition) is 0. The normalized spacial score (nSPS) is 12.0. The maximum absolute atomic E-state index is 11.7.